The minimum atomic E-state index is 0.769. The molecular formula is C13H23N3. The van der Waals surface area contributed by atoms with Gasteiger partial charge in [0, 0.05) is 18.8 Å². The van der Waals surface area contributed by atoms with Gasteiger partial charge < -0.3 is 5.32 Å². The Labute approximate surface area is 98.2 Å². The van der Waals surface area contributed by atoms with Crippen LogP contribution in [-0.2, 0) is 13.5 Å². The Bertz CT molecular complexity index is 324. The van der Waals surface area contributed by atoms with Gasteiger partial charge in [-0.05, 0) is 38.3 Å². The minimum absolute atomic E-state index is 0.769. The van der Waals surface area contributed by atoms with Gasteiger partial charge in [0.15, 0.2) is 0 Å². The molecule has 1 fully saturated rings. The third-order valence-corrected chi connectivity index (χ3v) is 3.77. The molecule has 0 unspecified atom stereocenters. The summed E-state index contributed by atoms with van der Waals surface area (Å²) in [7, 11) is 2.01. The van der Waals surface area contributed by atoms with Crippen molar-refractivity contribution in [3.05, 3.63) is 17.5 Å². The molecule has 1 aromatic rings. The zero-order chi connectivity index (χ0) is 11.4. The highest BCUT2D eigenvalue weighted by Crippen LogP contribution is 2.17. The second-order valence-corrected chi connectivity index (χ2v) is 4.92. The van der Waals surface area contributed by atoms with Gasteiger partial charge in [0.25, 0.3) is 0 Å². The Morgan fingerprint density at radius 2 is 2.12 bits per heavy atom. The van der Waals surface area contributed by atoms with Crippen LogP contribution in [0.4, 0.5) is 0 Å². The number of nitrogens with zero attached hydrogens (tertiary/aromatic N) is 2. The quantitative estimate of drug-likeness (QED) is 0.844. The number of rotatable bonds is 4. The molecule has 1 N–H and O–H groups in total. The fourth-order valence-corrected chi connectivity index (χ4v) is 2.51. The van der Waals surface area contributed by atoms with Gasteiger partial charge >= 0.3 is 0 Å². The summed E-state index contributed by atoms with van der Waals surface area (Å²) >= 11 is 0. The zero-order valence-corrected chi connectivity index (χ0v) is 10.5. The van der Waals surface area contributed by atoms with E-state index in [1.165, 1.54) is 43.4 Å². The third kappa shape index (κ3) is 2.85. The van der Waals surface area contributed by atoms with Gasteiger partial charge in [-0.1, -0.05) is 19.3 Å². The van der Waals surface area contributed by atoms with E-state index in [1.807, 2.05) is 17.9 Å². The van der Waals surface area contributed by atoms with E-state index >= 15 is 0 Å². The molecule has 1 heterocycles. The maximum absolute atomic E-state index is 4.27. The van der Waals surface area contributed by atoms with Gasteiger partial charge in [0.05, 0.1) is 6.20 Å². The summed E-state index contributed by atoms with van der Waals surface area (Å²) in [6, 6.07) is 0.769. The predicted molar refractivity (Wildman–Crippen MR) is 66.5 cm³/mol. The fourth-order valence-electron chi connectivity index (χ4n) is 2.51. The Balaban J connectivity index is 1.73. The summed E-state index contributed by atoms with van der Waals surface area (Å²) in [5.74, 6) is 0. The number of aryl methyl sites for hydroxylation is 1. The first-order valence-electron chi connectivity index (χ1n) is 6.48. The van der Waals surface area contributed by atoms with Crippen molar-refractivity contribution in [3.8, 4) is 0 Å². The largest absolute Gasteiger partial charge is 0.314 e. The van der Waals surface area contributed by atoms with E-state index in [0.717, 1.165) is 19.0 Å². The number of hydrogen-bond donors (Lipinski definition) is 1. The molecule has 16 heavy (non-hydrogen) atoms. The van der Waals surface area contributed by atoms with Crippen molar-refractivity contribution in [1.82, 2.24) is 15.1 Å². The Kier molecular flexibility index (Phi) is 3.99. The summed E-state index contributed by atoms with van der Waals surface area (Å²) in [4.78, 5) is 0. The van der Waals surface area contributed by atoms with Gasteiger partial charge in [-0.2, -0.15) is 5.10 Å². The van der Waals surface area contributed by atoms with E-state index < -0.39 is 0 Å². The molecule has 3 heteroatoms. The lowest BCUT2D eigenvalue weighted by Crippen LogP contribution is -2.32. The average molecular weight is 221 g/mol. The maximum Gasteiger partial charge on any atom is 0.0524 e. The van der Waals surface area contributed by atoms with Crippen LogP contribution in [0.1, 0.15) is 43.4 Å². The van der Waals surface area contributed by atoms with Crippen LogP contribution in [0.3, 0.4) is 0 Å². The Morgan fingerprint density at radius 3 is 2.75 bits per heavy atom. The molecule has 90 valence electrons. The summed E-state index contributed by atoms with van der Waals surface area (Å²) in [6.45, 7) is 3.24. The molecule has 2 rings (SSSR count). The lowest BCUT2D eigenvalue weighted by Gasteiger charge is -2.22. The molecule has 3 nitrogen and oxygen atoms in total. The topological polar surface area (TPSA) is 29.9 Å². The Hall–Kier alpha value is -0.830. The first-order chi connectivity index (χ1) is 7.77. The molecule has 0 bridgehead atoms. The molecule has 0 amide bonds. The van der Waals surface area contributed by atoms with Gasteiger partial charge in [-0.3, -0.25) is 4.68 Å². The van der Waals surface area contributed by atoms with Crippen LogP contribution < -0.4 is 5.32 Å². The highest BCUT2D eigenvalue weighted by molar-refractivity contribution is 5.16. The van der Waals surface area contributed by atoms with Crippen molar-refractivity contribution in [1.29, 1.82) is 0 Å². The van der Waals surface area contributed by atoms with Crippen molar-refractivity contribution in [2.45, 2.75) is 51.5 Å². The SMILES string of the molecule is Cc1c(CCNC2CCCCC2)cnn1C. The van der Waals surface area contributed by atoms with Crippen LogP contribution in [0.25, 0.3) is 0 Å². The summed E-state index contributed by atoms with van der Waals surface area (Å²) in [5, 5.41) is 7.94. The smallest absolute Gasteiger partial charge is 0.0524 e. The van der Waals surface area contributed by atoms with Crippen LogP contribution in [-0.4, -0.2) is 22.4 Å². The second kappa shape index (κ2) is 5.48. The first-order valence-corrected chi connectivity index (χ1v) is 6.48. The summed E-state index contributed by atoms with van der Waals surface area (Å²) in [5.41, 5.74) is 2.68. The maximum atomic E-state index is 4.27. The van der Waals surface area contributed by atoms with Crippen molar-refractivity contribution in [2.75, 3.05) is 6.54 Å². The van der Waals surface area contributed by atoms with Crippen molar-refractivity contribution < 1.29 is 0 Å². The van der Waals surface area contributed by atoms with E-state index in [-0.39, 0.29) is 0 Å². The number of nitrogens with one attached hydrogen (secondary N) is 1. The molecule has 1 aliphatic rings. The van der Waals surface area contributed by atoms with E-state index in [4.69, 9.17) is 0 Å². The van der Waals surface area contributed by atoms with Crippen LogP contribution in [0.15, 0.2) is 6.20 Å². The third-order valence-electron chi connectivity index (χ3n) is 3.77. The van der Waals surface area contributed by atoms with Gasteiger partial charge in [-0.15, -0.1) is 0 Å². The van der Waals surface area contributed by atoms with E-state index in [0.29, 0.717) is 0 Å². The minimum Gasteiger partial charge on any atom is -0.314 e. The standard InChI is InChI=1S/C13H23N3/c1-11-12(10-15-16(11)2)8-9-14-13-6-4-3-5-7-13/h10,13-14H,3-9H2,1-2H3. The normalized spacial score (nSPS) is 17.9. The molecule has 1 aliphatic carbocycles. The molecule has 0 aromatic carbocycles. The lowest BCUT2D eigenvalue weighted by molar-refractivity contribution is 0.375. The van der Waals surface area contributed by atoms with Gasteiger partial charge in [0.1, 0.15) is 0 Å². The van der Waals surface area contributed by atoms with Crippen molar-refractivity contribution >= 4 is 0 Å². The molecule has 0 atom stereocenters. The average Bonchev–Trinajstić information content (AvgIpc) is 2.62. The van der Waals surface area contributed by atoms with E-state index in [9.17, 15) is 0 Å². The molecule has 0 saturated heterocycles. The molecule has 1 aromatic heterocycles. The highest BCUT2D eigenvalue weighted by Gasteiger charge is 2.12. The molecular weight excluding hydrogens is 198 g/mol. The van der Waals surface area contributed by atoms with Gasteiger partial charge in [-0.25, -0.2) is 0 Å². The van der Waals surface area contributed by atoms with Crippen molar-refractivity contribution in [2.24, 2.45) is 7.05 Å². The fraction of sp³-hybridized carbons (Fsp3) is 0.769. The molecule has 1 saturated carbocycles. The predicted octanol–water partition coefficient (Wildman–Crippen LogP) is 2.19. The first kappa shape index (κ1) is 11.6. The number of hydrogen-bond acceptors (Lipinski definition) is 2. The summed E-state index contributed by atoms with van der Waals surface area (Å²) in [6.07, 6.45) is 10.1. The molecule has 0 spiro atoms. The van der Waals surface area contributed by atoms with Gasteiger partial charge in [0.2, 0.25) is 0 Å². The molecule has 0 radical (unpaired) electrons. The van der Waals surface area contributed by atoms with E-state index in [1.54, 1.807) is 0 Å². The zero-order valence-electron chi connectivity index (χ0n) is 10.5. The van der Waals surface area contributed by atoms with Crippen LogP contribution in [0.2, 0.25) is 0 Å². The monoisotopic (exact) mass is 221 g/mol. The van der Waals surface area contributed by atoms with E-state index in [2.05, 4.69) is 17.3 Å². The second-order valence-electron chi connectivity index (χ2n) is 4.92. The van der Waals surface area contributed by atoms with Crippen LogP contribution >= 0.6 is 0 Å². The highest BCUT2D eigenvalue weighted by atomic mass is 15.3. The Morgan fingerprint density at radius 1 is 1.38 bits per heavy atom. The lowest BCUT2D eigenvalue weighted by atomic mass is 9.95. The van der Waals surface area contributed by atoms with Crippen LogP contribution in [0, 0.1) is 6.92 Å². The summed E-state index contributed by atoms with van der Waals surface area (Å²) < 4.78 is 1.95. The number of aromatic nitrogens is 2. The molecule has 0 aliphatic heterocycles. The van der Waals surface area contributed by atoms with Crippen LogP contribution in [0.5, 0.6) is 0 Å². The van der Waals surface area contributed by atoms with Crippen molar-refractivity contribution in [3.63, 3.8) is 0 Å².